The van der Waals surface area contributed by atoms with Crippen LogP contribution in [0.5, 0.6) is 0 Å². The van der Waals surface area contributed by atoms with Gasteiger partial charge < -0.3 is 14.7 Å². The van der Waals surface area contributed by atoms with Crippen LogP contribution in [0.25, 0.3) is 32.9 Å². The van der Waals surface area contributed by atoms with Crippen LogP contribution in [0.4, 0.5) is 0 Å². The molecule has 34 heavy (non-hydrogen) atoms. The van der Waals surface area contributed by atoms with Crippen molar-refractivity contribution in [2.24, 2.45) is 0 Å². The van der Waals surface area contributed by atoms with Crippen molar-refractivity contribution < 1.29 is 9.90 Å². The minimum absolute atomic E-state index is 0.0691. The summed E-state index contributed by atoms with van der Waals surface area (Å²) in [6.45, 7) is 0.221. The monoisotopic (exact) mass is 469 g/mol. The van der Waals surface area contributed by atoms with E-state index in [2.05, 4.69) is 22.1 Å². The molecule has 3 aromatic heterocycles. The molecule has 3 heterocycles. The van der Waals surface area contributed by atoms with Crippen molar-refractivity contribution in [2.45, 2.75) is 25.8 Å². The van der Waals surface area contributed by atoms with Gasteiger partial charge in [-0.25, -0.2) is 9.78 Å². The van der Waals surface area contributed by atoms with Crippen LogP contribution in [0, 0.1) is 0 Å². The molecule has 7 heteroatoms. The summed E-state index contributed by atoms with van der Waals surface area (Å²) < 4.78 is 1.76. The highest BCUT2D eigenvalue weighted by atomic mass is 35.5. The third kappa shape index (κ3) is 3.22. The first-order chi connectivity index (χ1) is 16.5. The van der Waals surface area contributed by atoms with Gasteiger partial charge in [0, 0.05) is 39.2 Å². The maximum atomic E-state index is 12.8. The number of hydrogen-bond acceptors (Lipinski definition) is 3. The zero-order valence-corrected chi connectivity index (χ0v) is 18.9. The highest BCUT2D eigenvalue weighted by Crippen LogP contribution is 2.38. The van der Waals surface area contributed by atoms with Crippen LogP contribution in [0.1, 0.15) is 33.6 Å². The summed E-state index contributed by atoms with van der Waals surface area (Å²) in [4.78, 5) is 32.6. The van der Waals surface area contributed by atoms with Crippen LogP contribution in [0.2, 0.25) is 5.15 Å². The van der Waals surface area contributed by atoms with E-state index in [0.29, 0.717) is 21.8 Å². The summed E-state index contributed by atoms with van der Waals surface area (Å²) in [6.07, 6.45) is 4.52. The molecule has 1 aliphatic rings. The van der Waals surface area contributed by atoms with E-state index in [1.165, 1.54) is 11.1 Å². The van der Waals surface area contributed by atoms with Gasteiger partial charge in [-0.3, -0.25) is 4.79 Å². The van der Waals surface area contributed by atoms with Gasteiger partial charge in [0.15, 0.2) is 0 Å². The van der Waals surface area contributed by atoms with Crippen LogP contribution in [0.3, 0.4) is 0 Å². The first-order valence-corrected chi connectivity index (χ1v) is 11.5. The first-order valence-electron chi connectivity index (χ1n) is 11.1. The minimum Gasteiger partial charge on any atom is -0.477 e. The molecule has 0 unspecified atom stereocenters. The Morgan fingerprint density at radius 2 is 1.88 bits per heavy atom. The Kier molecular flexibility index (Phi) is 4.78. The predicted molar refractivity (Wildman–Crippen MR) is 133 cm³/mol. The topological polar surface area (TPSA) is 88.0 Å². The number of fused-ring (bicyclic) bond motifs is 3. The molecule has 0 amide bonds. The quantitative estimate of drug-likeness (QED) is 0.343. The van der Waals surface area contributed by atoms with Crippen LogP contribution in [0.15, 0.2) is 65.6 Å². The molecular weight excluding hydrogens is 450 g/mol. The lowest BCUT2D eigenvalue weighted by molar-refractivity contribution is 0.0687. The van der Waals surface area contributed by atoms with E-state index >= 15 is 0 Å². The van der Waals surface area contributed by atoms with Gasteiger partial charge in [-0.2, -0.15) is 0 Å². The third-order valence-electron chi connectivity index (χ3n) is 6.65. The summed E-state index contributed by atoms with van der Waals surface area (Å²) in [7, 11) is 0. The molecule has 6 nitrogen and oxygen atoms in total. The van der Waals surface area contributed by atoms with Crippen LogP contribution in [-0.2, 0) is 19.4 Å². The zero-order chi connectivity index (χ0) is 23.4. The summed E-state index contributed by atoms with van der Waals surface area (Å²) in [5.74, 6) is -1.10. The van der Waals surface area contributed by atoms with Gasteiger partial charge >= 0.3 is 5.97 Å². The maximum Gasteiger partial charge on any atom is 0.353 e. The van der Waals surface area contributed by atoms with E-state index in [9.17, 15) is 14.7 Å². The second-order valence-corrected chi connectivity index (χ2v) is 9.01. The largest absolute Gasteiger partial charge is 0.477 e. The molecule has 168 valence electrons. The zero-order valence-electron chi connectivity index (χ0n) is 18.1. The summed E-state index contributed by atoms with van der Waals surface area (Å²) in [6, 6.07) is 17.1. The molecule has 0 saturated heterocycles. The van der Waals surface area contributed by atoms with E-state index in [-0.39, 0.29) is 17.8 Å². The Morgan fingerprint density at radius 1 is 1.09 bits per heavy atom. The van der Waals surface area contributed by atoms with Gasteiger partial charge in [0.05, 0.1) is 12.1 Å². The van der Waals surface area contributed by atoms with E-state index in [4.69, 9.17) is 11.6 Å². The molecule has 2 N–H and O–H groups in total. The molecule has 0 bridgehead atoms. The molecule has 5 aromatic rings. The smallest absolute Gasteiger partial charge is 0.353 e. The second-order valence-electron chi connectivity index (χ2n) is 8.65. The number of aromatic amines is 1. The van der Waals surface area contributed by atoms with Crippen molar-refractivity contribution in [1.82, 2.24) is 14.5 Å². The number of rotatable bonds is 4. The Labute approximate surface area is 199 Å². The molecule has 0 spiro atoms. The van der Waals surface area contributed by atoms with Crippen LogP contribution < -0.4 is 5.56 Å². The highest BCUT2D eigenvalue weighted by Gasteiger charge is 2.27. The van der Waals surface area contributed by atoms with Crippen molar-refractivity contribution in [3.05, 3.63) is 98.7 Å². The molecule has 0 saturated carbocycles. The lowest BCUT2D eigenvalue weighted by atomic mass is 10.00. The average Bonchev–Trinajstić information content (AvgIpc) is 3.40. The number of nitrogens with zero attached hydrogens (tertiary/aromatic N) is 2. The molecule has 2 aromatic carbocycles. The molecule has 1 aliphatic carbocycles. The molecule has 0 atom stereocenters. The molecule has 0 aliphatic heterocycles. The highest BCUT2D eigenvalue weighted by molar-refractivity contribution is 6.30. The number of aromatic nitrogens is 3. The first kappa shape index (κ1) is 20.7. The maximum absolute atomic E-state index is 12.8. The van der Waals surface area contributed by atoms with Crippen molar-refractivity contribution in [1.29, 1.82) is 0 Å². The number of benzene rings is 2. The van der Waals surface area contributed by atoms with E-state index in [1.807, 2.05) is 30.3 Å². The standard InChI is InChI=1S/C27H20ClN3O3/c28-25-18(11-17-5-1-2-9-21(17)30-25)14-31-22-13-16-7-3-6-15(16)12-20(22)23(24(31)27(33)34)19-8-4-10-29-26(19)32/h1-2,4-5,8-13H,3,6-7,14H2,(H,29,32)(H,33,34). The number of nitrogens with one attached hydrogen (secondary N) is 1. The average molecular weight is 470 g/mol. The number of carbonyl (C=O) groups is 1. The summed E-state index contributed by atoms with van der Waals surface area (Å²) in [5, 5.41) is 12.4. The number of carboxylic acids is 1. The van der Waals surface area contributed by atoms with Gasteiger partial charge in [0.25, 0.3) is 5.56 Å². The van der Waals surface area contributed by atoms with Crippen molar-refractivity contribution >= 4 is 39.4 Å². The number of para-hydroxylation sites is 1. The van der Waals surface area contributed by atoms with Crippen molar-refractivity contribution in [3.8, 4) is 11.1 Å². The van der Waals surface area contributed by atoms with E-state index < -0.39 is 5.97 Å². The number of H-pyrrole nitrogens is 1. The Morgan fingerprint density at radius 3 is 2.68 bits per heavy atom. The Hall–Kier alpha value is -3.90. The molecule has 0 radical (unpaired) electrons. The second kappa shape index (κ2) is 7.85. The van der Waals surface area contributed by atoms with Crippen LogP contribution >= 0.6 is 11.6 Å². The van der Waals surface area contributed by atoms with E-state index in [0.717, 1.165) is 41.1 Å². The Balaban J connectivity index is 1.66. The molecule has 0 fully saturated rings. The predicted octanol–water partition coefficient (Wildman–Crippen LogP) is 5.43. The van der Waals surface area contributed by atoms with Crippen molar-refractivity contribution in [3.63, 3.8) is 0 Å². The third-order valence-corrected chi connectivity index (χ3v) is 6.97. The lowest BCUT2D eigenvalue weighted by Gasteiger charge is -2.12. The summed E-state index contributed by atoms with van der Waals surface area (Å²) >= 11 is 6.55. The van der Waals surface area contributed by atoms with Crippen molar-refractivity contribution in [2.75, 3.05) is 0 Å². The SMILES string of the molecule is O=C(O)c1c(-c2ccc[nH]c2=O)c2cc3c(cc2n1Cc1cc2ccccc2nc1Cl)CCC3. The number of hydrogen-bond donors (Lipinski definition) is 2. The fraction of sp³-hybridized carbons (Fsp3) is 0.148. The number of aromatic carboxylic acids is 1. The number of aryl methyl sites for hydroxylation is 2. The lowest BCUT2D eigenvalue weighted by Crippen LogP contribution is -2.14. The van der Waals surface area contributed by atoms with Gasteiger partial charge in [-0.1, -0.05) is 29.8 Å². The fourth-order valence-corrected chi connectivity index (χ4v) is 5.32. The number of carboxylic acid groups (broad SMARTS) is 1. The van der Waals surface area contributed by atoms with Gasteiger partial charge in [-0.05, 0) is 66.8 Å². The summed E-state index contributed by atoms with van der Waals surface area (Å²) in [5.41, 5.74) is 5.22. The van der Waals surface area contributed by atoms with Crippen LogP contribution in [-0.4, -0.2) is 25.6 Å². The van der Waals surface area contributed by atoms with Gasteiger partial charge in [0.2, 0.25) is 0 Å². The van der Waals surface area contributed by atoms with Gasteiger partial charge in [-0.15, -0.1) is 0 Å². The van der Waals surface area contributed by atoms with Gasteiger partial charge in [0.1, 0.15) is 10.8 Å². The number of pyridine rings is 2. The molecular formula is C27H20ClN3O3. The number of halogens is 1. The molecule has 6 rings (SSSR count). The Bertz CT molecular complexity index is 1680. The minimum atomic E-state index is -1.10. The van der Waals surface area contributed by atoms with E-state index in [1.54, 1.807) is 22.9 Å². The fourth-order valence-electron chi connectivity index (χ4n) is 5.11. The normalized spacial score (nSPS) is 13.0.